The van der Waals surface area contributed by atoms with Gasteiger partial charge in [-0.05, 0) is 73.5 Å². The van der Waals surface area contributed by atoms with Gasteiger partial charge in [0, 0.05) is 23.0 Å². The van der Waals surface area contributed by atoms with Crippen LogP contribution in [-0.4, -0.2) is 23.2 Å². The van der Waals surface area contributed by atoms with Gasteiger partial charge in [0.25, 0.3) is 0 Å². The lowest BCUT2D eigenvalue weighted by atomic mass is 10.00. The molecule has 176 valence electrons. The van der Waals surface area contributed by atoms with Crippen LogP contribution in [-0.2, 0) is 29.0 Å². The van der Waals surface area contributed by atoms with Crippen molar-refractivity contribution >= 4 is 10.0 Å². The lowest BCUT2D eigenvalue weighted by molar-refractivity contribution is -0.141. The lowest BCUT2D eigenvalue weighted by Crippen LogP contribution is -2.12. The van der Waals surface area contributed by atoms with E-state index in [1.165, 1.54) is 36.4 Å². The highest BCUT2D eigenvalue weighted by molar-refractivity contribution is 7.89. The van der Waals surface area contributed by atoms with Gasteiger partial charge in [0.05, 0.1) is 16.3 Å². The number of alkyl halides is 3. The first-order valence-electron chi connectivity index (χ1n) is 10.0. The molecule has 4 aromatic rings. The van der Waals surface area contributed by atoms with E-state index < -0.39 is 27.7 Å². The number of hydrogen-bond acceptors (Lipinski definition) is 4. The molecule has 0 radical (unpaired) electrons. The number of nitrogens with zero attached hydrogens (tertiary/aromatic N) is 3. The topological polar surface area (TPSA) is 90.9 Å². The highest BCUT2D eigenvalue weighted by Gasteiger charge is 2.39. The van der Waals surface area contributed by atoms with Crippen LogP contribution >= 0.6 is 0 Å². The third-order valence-electron chi connectivity index (χ3n) is 5.14. The minimum atomic E-state index is -4.76. The fourth-order valence-corrected chi connectivity index (χ4v) is 4.10. The Morgan fingerprint density at radius 1 is 0.912 bits per heavy atom. The molecule has 0 saturated carbocycles. The highest BCUT2D eigenvalue weighted by atomic mass is 32.2. The summed E-state index contributed by atoms with van der Waals surface area (Å²) in [4.78, 5) is 3.97. The van der Waals surface area contributed by atoms with Crippen molar-refractivity contribution in [2.75, 3.05) is 0 Å². The third kappa shape index (κ3) is 5.00. The maximum absolute atomic E-state index is 14.0. The van der Waals surface area contributed by atoms with Crippen LogP contribution in [0, 0.1) is 5.82 Å². The Balaban J connectivity index is 1.91. The first-order chi connectivity index (χ1) is 16.0. The van der Waals surface area contributed by atoms with Crippen molar-refractivity contribution < 1.29 is 26.0 Å². The number of pyridine rings is 1. The van der Waals surface area contributed by atoms with Gasteiger partial charge in [-0.25, -0.2) is 22.6 Å². The van der Waals surface area contributed by atoms with E-state index in [0.717, 1.165) is 16.8 Å². The molecule has 6 nitrogen and oxygen atoms in total. The molecular formula is C23H18F4N4O2S. The number of benzene rings is 2. The summed E-state index contributed by atoms with van der Waals surface area (Å²) in [5, 5.41) is 8.97. The summed E-state index contributed by atoms with van der Waals surface area (Å²) in [5.74, 6) is -0.543. The Bertz CT molecular complexity index is 1400. The molecule has 2 N–H and O–H groups in total. The first kappa shape index (κ1) is 23.6. The van der Waals surface area contributed by atoms with Crippen LogP contribution in [0.2, 0.25) is 0 Å². The molecule has 0 atom stereocenters. The van der Waals surface area contributed by atoms with Crippen molar-refractivity contribution in [3.63, 3.8) is 0 Å². The van der Waals surface area contributed by atoms with Gasteiger partial charge >= 0.3 is 6.18 Å². The number of aryl methyl sites for hydroxylation is 1. The predicted octanol–water partition coefficient (Wildman–Crippen LogP) is 4.52. The molecule has 34 heavy (non-hydrogen) atoms. The van der Waals surface area contributed by atoms with E-state index >= 15 is 0 Å². The third-order valence-corrected chi connectivity index (χ3v) is 6.07. The van der Waals surface area contributed by atoms with Crippen molar-refractivity contribution in [1.29, 1.82) is 0 Å². The van der Waals surface area contributed by atoms with Crippen molar-refractivity contribution in [3.05, 3.63) is 95.7 Å². The summed E-state index contributed by atoms with van der Waals surface area (Å²) < 4.78 is 79.9. The van der Waals surface area contributed by atoms with E-state index in [1.807, 2.05) is 0 Å². The SMILES string of the molecule is NS(=O)(=O)c1ccc(-n2nc(C(F)(F)F)c(CCc3ccccn3)c2-c2ccc(F)cc2)cc1. The Hall–Kier alpha value is -3.57. The highest BCUT2D eigenvalue weighted by Crippen LogP contribution is 2.38. The zero-order valence-corrected chi connectivity index (χ0v) is 18.3. The van der Waals surface area contributed by atoms with Gasteiger partial charge in [-0.3, -0.25) is 4.98 Å². The van der Waals surface area contributed by atoms with Crippen LogP contribution in [0.4, 0.5) is 17.6 Å². The second-order valence-electron chi connectivity index (χ2n) is 7.45. The fourth-order valence-electron chi connectivity index (χ4n) is 3.58. The molecule has 0 aliphatic carbocycles. The van der Waals surface area contributed by atoms with Gasteiger partial charge in [0.15, 0.2) is 5.69 Å². The van der Waals surface area contributed by atoms with Crippen molar-refractivity contribution in [3.8, 4) is 16.9 Å². The lowest BCUT2D eigenvalue weighted by Gasteiger charge is -2.11. The van der Waals surface area contributed by atoms with Crippen LogP contribution in [0.15, 0.2) is 77.8 Å². The molecule has 2 heterocycles. The Morgan fingerprint density at radius 2 is 1.59 bits per heavy atom. The zero-order valence-electron chi connectivity index (χ0n) is 17.5. The standard InChI is InChI=1S/C23H18F4N4O2S/c24-16-6-4-15(5-7-16)21-20(13-8-17-3-1-2-14-29-17)22(23(25,26)27)30-31(21)18-9-11-19(12-10-18)34(28,32)33/h1-7,9-12,14H,8,13H2,(H2,28,32,33). The molecule has 2 aromatic carbocycles. The monoisotopic (exact) mass is 490 g/mol. The molecule has 4 rings (SSSR count). The number of primary sulfonamides is 1. The van der Waals surface area contributed by atoms with Crippen LogP contribution in [0.3, 0.4) is 0 Å². The Morgan fingerprint density at radius 3 is 2.15 bits per heavy atom. The van der Waals surface area contributed by atoms with Gasteiger partial charge in [-0.1, -0.05) is 6.07 Å². The number of hydrogen-bond donors (Lipinski definition) is 1. The maximum Gasteiger partial charge on any atom is 0.435 e. The van der Waals surface area contributed by atoms with Crippen molar-refractivity contribution in [2.45, 2.75) is 23.9 Å². The molecule has 0 saturated heterocycles. The number of aromatic nitrogens is 3. The number of halogens is 4. The number of nitrogens with two attached hydrogens (primary N) is 1. The van der Waals surface area contributed by atoms with Gasteiger partial charge in [0.1, 0.15) is 5.82 Å². The molecule has 11 heteroatoms. The quantitative estimate of drug-likeness (QED) is 0.402. The first-order valence-corrected chi connectivity index (χ1v) is 11.6. The van der Waals surface area contributed by atoms with E-state index in [-0.39, 0.29) is 34.7 Å². The summed E-state index contributed by atoms with van der Waals surface area (Å²) in [5.41, 5.74) is 0.0494. The average Bonchev–Trinajstić information content (AvgIpc) is 3.18. The van der Waals surface area contributed by atoms with Crippen LogP contribution in [0.1, 0.15) is 17.0 Å². The smallest absolute Gasteiger partial charge is 0.261 e. The summed E-state index contributed by atoms with van der Waals surface area (Å²) in [6.45, 7) is 0. The number of rotatable bonds is 6. The predicted molar refractivity (Wildman–Crippen MR) is 117 cm³/mol. The molecule has 2 aromatic heterocycles. The average molecular weight is 490 g/mol. The number of sulfonamides is 1. The van der Waals surface area contributed by atoms with Gasteiger partial charge in [0.2, 0.25) is 10.0 Å². The van der Waals surface area contributed by atoms with Gasteiger partial charge < -0.3 is 0 Å². The molecule has 0 amide bonds. The van der Waals surface area contributed by atoms with E-state index in [4.69, 9.17) is 5.14 Å². The van der Waals surface area contributed by atoms with E-state index in [0.29, 0.717) is 11.3 Å². The molecular weight excluding hydrogens is 472 g/mol. The van der Waals surface area contributed by atoms with Gasteiger partial charge in [-0.15, -0.1) is 0 Å². The largest absolute Gasteiger partial charge is 0.435 e. The second-order valence-corrected chi connectivity index (χ2v) is 9.01. The molecule has 0 aliphatic rings. The molecule has 0 spiro atoms. The van der Waals surface area contributed by atoms with E-state index in [1.54, 1.807) is 24.4 Å². The minimum absolute atomic E-state index is 0.0339. The van der Waals surface area contributed by atoms with Crippen LogP contribution in [0.25, 0.3) is 16.9 Å². The Kier molecular flexibility index (Phi) is 6.24. The summed E-state index contributed by atoms with van der Waals surface area (Å²) in [6.07, 6.45) is -3.03. The maximum atomic E-state index is 14.0. The summed E-state index contributed by atoms with van der Waals surface area (Å²) >= 11 is 0. The zero-order chi connectivity index (χ0) is 24.5. The molecule has 0 fully saturated rings. The van der Waals surface area contributed by atoms with Crippen molar-refractivity contribution in [1.82, 2.24) is 14.8 Å². The van der Waals surface area contributed by atoms with Crippen molar-refractivity contribution in [2.24, 2.45) is 5.14 Å². The molecule has 0 bridgehead atoms. The summed E-state index contributed by atoms with van der Waals surface area (Å²) in [7, 11) is -3.99. The normalized spacial score (nSPS) is 12.1. The second kappa shape index (κ2) is 8.99. The fraction of sp³-hybridized carbons (Fsp3) is 0.130. The molecule has 0 unspecified atom stereocenters. The van der Waals surface area contributed by atoms with E-state index in [9.17, 15) is 26.0 Å². The molecule has 0 aliphatic heterocycles. The van der Waals surface area contributed by atoms with E-state index in [2.05, 4.69) is 10.1 Å². The summed E-state index contributed by atoms with van der Waals surface area (Å²) in [6, 6.07) is 15.2. The van der Waals surface area contributed by atoms with Gasteiger partial charge in [-0.2, -0.15) is 18.3 Å². The Labute approximate surface area is 192 Å². The van der Waals surface area contributed by atoms with Crippen LogP contribution < -0.4 is 5.14 Å². The minimum Gasteiger partial charge on any atom is -0.261 e. The van der Waals surface area contributed by atoms with Crippen LogP contribution in [0.5, 0.6) is 0 Å².